The zero-order chi connectivity index (χ0) is 43.8. The maximum absolute atomic E-state index is 13.2. The van der Waals surface area contributed by atoms with Crippen molar-refractivity contribution in [2.24, 2.45) is 0 Å². The zero-order valence-corrected chi connectivity index (χ0v) is 39.6. The van der Waals surface area contributed by atoms with E-state index in [1.54, 1.807) is 0 Å². The Kier molecular flexibility index (Phi) is 45.7. The van der Waals surface area contributed by atoms with Gasteiger partial charge in [-0.1, -0.05) is 255 Å². The molecule has 0 aromatic heterocycles. The topological polar surface area (TPSA) is 95.9 Å². The van der Waals surface area contributed by atoms with Gasteiger partial charge in [0.2, 0.25) is 5.91 Å². The predicted molar refractivity (Wildman–Crippen MR) is 259 cm³/mol. The Balaban J connectivity index is 4.62. The first kappa shape index (κ1) is 57.6. The van der Waals surface area contributed by atoms with Crippen molar-refractivity contribution in [1.29, 1.82) is 0 Å². The molecule has 3 atom stereocenters. The molecule has 0 radical (unpaired) electrons. The molecule has 0 aromatic rings. The van der Waals surface area contributed by atoms with Crippen molar-refractivity contribution < 1.29 is 24.5 Å². The second kappa shape index (κ2) is 47.6. The first-order valence-corrected chi connectivity index (χ1v) is 25.6. The van der Waals surface area contributed by atoms with Crippen molar-refractivity contribution in [1.82, 2.24) is 5.32 Å². The van der Waals surface area contributed by atoms with Gasteiger partial charge in [-0.25, -0.2) is 0 Å². The summed E-state index contributed by atoms with van der Waals surface area (Å²) in [5, 5.41) is 23.7. The maximum Gasteiger partial charge on any atom is 0.306 e. The summed E-state index contributed by atoms with van der Waals surface area (Å²) in [5.74, 6) is -0.542. The molecule has 1 amide bonds. The maximum atomic E-state index is 13.2. The average molecular weight is 840 g/mol. The smallest absolute Gasteiger partial charge is 0.306 e. The van der Waals surface area contributed by atoms with Crippen LogP contribution in [0.1, 0.15) is 245 Å². The van der Waals surface area contributed by atoms with Crippen LogP contribution in [0, 0.1) is 0 Å². The molecule has 3 N–H and O–H groups in total. The van der Waals surface area contributed by atoms with Crippen LogP contribution in [0.2, 0.25) is 0 Å². The van der Waals surface area contributed by atoms with E-state index in [4.69, 9.17) is 4.74 Å². The van der Waals surface area contributed by atoms with E-state index < -0.39 is 18.2 Å². The molecule has 60 heavy (non-hydrogen) atoms. The number of aliphatic hydroxyl groups is 2. The van der Waals surface area contributed by atoms with Crippen LogP contribution in [0.15, 0.2) is 60.8 Å². The molecule has 0 rings (SSSR count). The highest BCUT2D eigenvalue weighted by atomic mass is 16.5. The standard InChI is InChI=1S/C54H97NO5/c1-4-7-10-13-16-19-22-25-26-27-29-31-34-37-40-43-46-52(57)51(49-56)55-53(58)48-50(45-42-39-36-33-30-28-23-20-17-14-11-8-5-2)60-54(59)47-44-41-38-35-32-24-21-18-15-12-9-6-3/h8,11,14,17,20,23,28,30,33,36,50-52,56-57H,4-7,9-10,12-13,15-16,18-19,21-22,24-27,29,31-32,34-35,37-49H2,1-3H3,(H,55,58)/b11-8+,17-14+,23-20-,30-28-,36-33+. The predicted octanol–water partition coefficient (Wildman–Crippen LogP) is 15.2. The van der Waals surface area contributed by atoms with Gasteiger partial charge < -0.3 is 20.3 Å². The number of rotatable bonds is 45. The van der Waals surface area contributed by atoms with Gasteiger partial charge in [-0.15, -0.1) is 0 Å². The fourth-order valence-corrected chi connectivity index (χ4v) is 7.63. The van der Waals surface area contributed by atoms with Crippen LogP contribution in [0.25, 0.3) is 0 Å². The first-order valence-electron chi connectivity index (χ1n) is 25.6. The molecule has 0 saturated heterocycles. The summed E-state index contributed by atoms with van der Waals surface area (Å²) in [6, 6.07) is -0.724. The summed E-state index contributed by atoms with van der Waals surface area (Å²) in [6.07, 6.45) is 58.6. The third-order valence-electron chi connectivity index (χ3n) is 11.5. The number of aliphatic hydroxyl groups excluding tert-OH is 2. The van der Waals surface area contributed by atoms with Crippen LogP contribution in [-0.4, -0.2) is 46.9 Å². The molecule has 0 aliphatic carbocycles. The lowest BCUT2D eigenvalue weighted by Crippen LogP contribution is -2.46. The van der Waals surface area contributed by atoms with E-state index in [1.807, 2.05) is 48.6 Å². The SMILES string of the molecule is CC/C=C/C=C/C=C\C=C/C=C/CCCC(CC(=O)NC(CO)C(O)CCCCCCCCCCCCCCCCCC)OC(=O)CCCCCCCCCCCCCC. The van der Waals surface area contributed by atoms with Gasteiger partial charge in [0.15, 0.2) is 0 Å². The molecule has 6 nitrogen and oxygen atoms in total. The quantitative estimate of drug-likeness (QED) is 0.0322. The minimum Gasteiger partial charge on any atom is -0.462 e. The minimum atomic E-state index is -0.806. The lowest BCUT2D eigenvalue weighted by atomic mass is 10.0. The fourth-order valence-electron chi connectivity index (χ4n) is 7.63. The van der Waals surface area contributed by atoms with Gasteiger partial charge in [0.1, 0.15) is 6.10 Å². The Hall–Kier alpha value is -2.44. The summed E-state index contributed by atoms with van der Waals surface area (Å²) in [4.78, 5) is 26.1. The molecule has 0 spiro atoms. The highest BCUT2D eigenvalue weighted by Gasteiger charge is 2.24. The molecule has 0 bridgehead atoms. The third kappa shape index (κ3) is 42.3. The van der Waals surface area contributed by atoms with Gasteiger partial charge in [-0.05, 0) is 38.5 Å². The number of amides is 1. The zero-order valence-electron chi connectivity index (χ0n) is 39.6. The van der Waals surface area contributed by atoms with Crippen molar-refractivity contribution in [2.45, 2.75) is 264 Å². The molecular weight excluding hydrogens is 743 g/mol. The molecule has 0 aliphatic heterocycles. The normalized spacial score (nSPS) is 13.8. The number of ether oxygens (including phenoxy) is 1. The molecule has 0 heterocycles. The largest absolute Gasteiger partial charge is 0.462 e. The monoisotopic (exact) mass is 840 g/mol. The third-order valence-corrected chi connectivity index (χ3v) is 11.5. The number of esters is 1. The number of carbonyl (C=O) groups excluding carboxylic acids is 2. The van der Waals surface area contributed by atoms with E-state index >= 15 is 0 Å². The number of hydrogen-bond donors (Lipinski definition) is 3. The van der Waals surface area contributed by atoms with Crippen LogP contribution in [0.3, 0.4) is 0 Å². The van der Waals surface area contributed by atoms with Crippen molar-refractivity contribution in [3.63, 3.8) is 0 Å². The minimum absolute atomic E-state index is 0.0296. The molecule has 0 aromatic carbocycles. The average Bonchev–Trinajstić information content (AvgIpc) is 3.24. The molecular formula is C54H97NO5. The second-order valence-electron chi connectivity index (χ2n) is 17.3. The van der Waals surface area contributed by atoms with Crippen LogP contribution in [0.5, 0.6) is 0 Å². The number of hydrogen-bond acceptors (Lipinski definition) is 5. The van der Waals surface area contributed by atoms with E-state index in [1.165, 1.54) is 141 Å². The van der Waals surface area contributed by atoms with E-state index in [0.717, 1.165) is 57.8 Å². The van der Waals surface area contributed by atoms with Crippen LogP contribution in [-0.2, 0) is 14.3 Å². The van der Waals surface area contributed by atoms with E-state index in [0.29, 0.717) is 19.3 Å². The number of unbranched alkanes of at least 4 members (excludes halogenated alkanes) is 27. The van der Waals surface area contributed by atoms with Gasteiger partial charge in [-0.3, -0.25) is 9.59 Å². The Morgan fingerprint density at radius 1 is 0.500 bits per heavy atom. The Labute approximate surface area is 371 Å². The summed E-state index contributed by atoms with van der Waals surface area (Å²) >= 11 is 0. The van der Waals surface area contributed by atoms with Gasteiger partial charge in [0, 0.05) is 6.42 Å². The molecule has 6 heteroatoms. The summed E-state index contributed by atoms with van der Waals surface area (Å²) in [5.41, 5.74) is 0. The highest BCUT2D eigenvalue weighted by Crippen LogP contribution is 2.17. The summed E-state index contributed by atoms with van der Waals surface area (Å²) in [6.45, 7) is 6.32. The molecule has 3 unspecified atom stereocenters. The summed E-state index contributed by atoms with van der Waals surface area (Å²) in [7, 11) is 0. The van der Waals surface area contributed by atoms with E-state index in [-0.39, 0.29) is 24.9 Å². The van der Waals surface area contributed by atoms with Gasteiger partial charge >= 0.3 is 5.97 Å². The van der Waals surface area contributed by atoms with E-state index in [9.17, 15) is 19.8 Å². The Morgan fingerprint density at radius 2 is 0.900 bits per heavy atom. The lowest BCUT2D eigenvalue weighted by molar-refractivity contribution is -0.151. The molecule has 0 fully saturated rings. The van der Waals surface area contributed by atoms with Crippen molar-refractivity contribution in [3.8, 4) is 0 Å². The fraction of sp³-hybridized carbons (Fsp3) is 0.778. The van der Waals surface area contributed by atoms with Gasteiger partial charge in [0.25, 0.3) is 0 Å². The second-order valence-corrected chi connectivity index (χ2v) is 17.3. The van der Waals surface area contributed by atoms with Crippen molar-refractivity contribution in [3.05, 3.63) is 60.8 Å². The Morgan fingerprint density at radius 3 is 1.33 bits per heavy atom. The van der Waals surface area contributed by atoms with Crippen LogP contribution < -0.4 is 5.32 Å². The lowest BCUT2D eigenvalue weighted by Gasteiger charge is -2.24. The van der Waals surface area contributed by atoms with Crippen molar-refractivity contribution >= 4 is 11.9 Å². The molecule has 348 valence electrons. The summed E-state index contributed by atoms with van der Waals surface area (Å²) < 4.78 is 5.88. The van der Waals surface area contributed by atoms with Crippen LogP contribution in [0.4, 0.5) is 0 Å². The number of carbonyl (C=O) groups is 2. The molecule has 0 aliphatic rings. The first-order chi connectivity index (χ1) is 29.5. The highest BCUT2D eigenvalue weighted by molar-refractivity contribution is 5.77. The molecule has 0 saturated carbocycles. The van der Waals surface area contributed by atoms with Gasteiger partial charge in [-0.2, -0.15) is 0 Å². The number of allylic oxidation sites excluding steroid dienone is 10. The van der Waals surface area contributed by atoms with Gasteiger partial charge in [0.05, 0.1) is 25.2 Å². The van der Waals surface area contributed by atoms with E-state index in [2.05, 4.69) is 38.2 Å². The number of nitrogens with one attached hydrogen (secondary N) is 1. The van der Waals surface area contributed by atoms with Crippen LogP contribution >= 0.6 is 0 Å². The Bertz CT molecular complexity index is 1080. The van der Waals surface area contributed by atoms with Crippen molar-refractivity contribution in [2.75, 3.05) is 6.61 Å².